The van der Waals surface area contributed by atoms with E-state index in [0.717, 1.165) is 6.07 Å². The first-order chi connectivity index (χ1) is 9.02. The lowest BCUT2D eigenvalue weighted by Crippen LogP contribution is -2.36. The molecule has 1 aromatic carbocycles. The molecule has 0 bridgehead atoms. The van der Waals surface area contributed by atoms with Crippen molar-refractivity contribution in [2.45, 2.75) is 18.9 Å². The van der Waals surface area contributed by atoms with Crippen LogP contribution in [0, 0.1) is 15.9 Å². The molecular weight excluding hydrogens is 255 g/mol. The third-order valence-corrected chi connectivity index (χ3v) is 3.22. The number of rotatable bonds is 3. The summed E-state index contributed by atoms with van der Waals surface area (Å²) in [7, 11) is 0. The predicted molar refractivity (Wildman–Crippen MR) is 65.9 cm³/mol. The number of hydrogen-bond donors (Lipinski definition) is 1. The first-order valence-corrected chi connectivity index (χ1v) is 5.89. The average molecular weight is 268 g/mol. The molecule has 0 aliphatic carbocycles. The summed E-state index contributed by atoms with van der Waals surface area (Å²) in [6.07, 6.45) is 0.961. The van der Waals surface area contributed by atoms with E-state index in [2.05, 4.69) is 0 Å². The van der Waals surface area contributed by atoms with Gasteiger partial charge in [0.25, 0.3) is 5.69 Å². The van der Waals surface area contributed by atoms with Crippen LogP contribution in [-0.4, -0.2) is 35.5 Å². The summed E-state index contributed by atoms with van der Waals surface area (Å²) < 4.78 is 13.9. The standard InChI is InChI=1S/C12H13FN2O4/c13-10-6-11(15(18)19)8(7-16)5-12(10)14-3-1-9(17)2-4-14/h5-7,9,17H,1-4H2. The molecule has 0 atom stereocenters. The average Bonchev–Trinajstić information content (AvgIpc) is 2.39. The van der Waals surface area contributed by atoms with Gasteiger partial charge in [-0.2, -0.15) is 0 Å². The Kier molecular flexibility index (Phi) is 3.75. The number of hydrogen-bond acceptors (Lipinski definition) is 5. The molecule has 0 amide bonds. The van der Waals surface area contributed by atoms with Crippen LogP contribution in [0.1, 0.15) is 23.2 Å². The fraction of sp³-hybridized carbons (Fsp3) is 0.417. The van der Waals surface area contributed by atoms with Gasteiger partial charge in [-0.05, 0) is 18.9 Å². The topological polar surface area (TPSA) is 83.7 Å². The minimum absolute atomic E-state index is 0.146. The third-order valence-electron chi connectivity index (χ3n) is 3.22. The Balaban J connectivity index is 2.36. The van der Waals surface area contributed by atoms with E-state index in [4.69, 9.17) is 0 Å². The number of nitro benzene ring substituents is 1. The van der Waals surface area contributed by atoms with Gasteiger partial charge >= 0.3 is 0 Å². The molecule has 1 N–H and O–H groups in total. The van der Waals surface area contributed by atoms with Crippen molar-refractivity contribution in [2.75, 3.05) is 18.0 Å². The lowest BCUT2D eigenvalue weighted by molar-refractivity contribution is -0.385. The number of carbonyl (C=O) groups excluding carboxylic acids is 1. The molecule has 1 aliphatic rings. The van der Waals surface area contributed by atoms with Gasteiger partial charge in [0.2, 0.25) is 0 Å². The van der Waals surface area contributed by atoms with Crippen molar-refractivity contribution in [2.24, 2.45) is 0 Å². The van der Waals surface area contributed by atoms with Gasteiger partial charge in [-0.15, -0.1) is 0 Å². The van der Waals surface area contributed by atoms with Gasteiger partial charge < -0.3 is 10.0 Å². The molecule has 6 nitrogen and oxygen atoms in total. The van der Waals surface area contributed by atoms with Gasteiger partial charge in [-0.1, -0.05) is 0 Å². The Morgan fingerprint density at radius 3 is 2.58 bits per heavy atom. The van der Waals surface area contributed by atoms with Gasteiger partial charge in [-0.3, -0.25) is 14.9 Å². The number of aliphatic hydroxyl groups is 1. The molecule has 19 heavy (non-hydrogen) atoms. The minimum atomic E-state index is -0.781. The fourth-order valence-corrected chi connectivity index (χ4v) is 2.17. The number of aldehydes is 1. The monoisotopic (exact) mass is 268 g/mol. The molecular formula is C12H13FN2O4. The number of benzene rings is 1. The maximum Gasteiger partial charge on any atom is 0.282 e. The summed E-state index contributed by atoms with van der Waals surface area (Å²) in [4.78, 5) is 22.4. The van der Waals surface area contributed by atoms with E-state index in [9.17, 15) is 24.4 Å². The highest BCUT2D eigenvalue weighted by molar-refractivity contribution is 5.83. The molecule has 102 valence electrons. The Bertz CT molecular complexity index is 513. The second-order valence-corrected chi connectivity index (χ2v) is 4.46. The lowest BCUT2D eigenvalue weighted by atomic mass is 10.1. The van der Waals surface area contributed by atoms with Gasteiger partial charge in [0.1, 0.15) is 0 Å². The summed E-state index contributed by atoms with van der Waals surface area (Å²) in [5.41, 5.74) is -0.514. The van der Waals surface area contributed by atoms with Crippen LogP contribution in [-0.2, 0) is 0 Å². The molecule has 1 aromatic rings. The highest BCUT2D eigenvalue weighted by atomic mass is 19.1. The quantitative estimate of drug-likeness (QED) is 0.510. The van der Waals surface area contributed by atoms with Crippen molar-refractivity contribution in [3.8, 4) is 0 Å². The summed E-state index contributed by atoms with van der Waals surface area (Å²) in [6.45, 7) is 0.905. The third kappa shape index (κ3) is 2.70. The van der Waals surface area contributed by atoms with Crippen LogP contribution in [0.5, 0.6) is 0 Å². The first-order valence-electron chi connectivity index (χ1n) is 5.89. The van der Waals surface area contributed by atoms with Crippen LogP contribution in [0.3, 0.4) is 0 Å². The highest BCUT2D eigenvalue weighted by Gasteiger charge is 2.24. The normalized spacial score (nSPS) is 16.4. The molecule has 1 aliphatic heterocycles. The van der Waals surface area contributed by atoms with Crippen LogP contribution < -0.4 is 4.90 Å². The highest BCUT2D eigenvalue weighted by Crippen LogP contribution is 2.29. The first kappa shape index (κ1) is 13.4. The molecule has 0 saturated carbocycles. The molecule has 0 radical (unpaired) electrons. The summed E-state index contributed by atoms with van der Waals surface area (Å²) in [5, 5.41) is 20.1. The minimum Gasteiger partial charge on any atom is -0.393 e. The van der Waals surface area contributed by atoms with Crippen molar-refractivity contribution >= 4 is 17.7 Å². The van der Waals surface area contributed by atoms with Gasteiger partial charge in [-0.25, -0.2) is 4.39 Å². The van der Waals surface area contributed by atoms with Gasteiger partial charge in [0.15, 0.2) is 12.1 Å². The fourth-order valence-electron chi connectivity index (χ4n) is 2.17. The van der Waals surface area contributed by atoms with E-state index in [-0.39, 0.29) is 11.3 Å². The predicted octanol–water partition coefficient (Wildman–Crippen LogP) is 1.51. The maximum atomic E-state index is 13.9. The number of halogens is 1. The SMILES string of the molecule is O=Cc1cc(N2CCC(O)CC2)c(F)cc1[N+](=O)[O-]. The molecule has 0 aromatic heterocycles. The van der Waals surface area contributed by atoms with Crippen molar-refractivity contribution in [1.29, 1.82) is 0 Å². The zero-order valence-corrected chi connectivity index (χ0v) is 10.1. The molecule has 2 rings (SSSR count). The lowest BCUT2D eigenvalue weighted by Gasteiger charge is -2.31. The van der Waals surface area contributed by atoms with Crippen molar-refractivity contribution in [3.63, 3.8) is 0 Å². The number of nitrogens with zero attached hydrogens (tertiary/aromatic N) is 2. The molecule has 1 fully saturated rings. The number of nitro groups is 1. The van der Waals surface area contributed by atoms with Crippen molar-refractivity contribution in [3.05, 3.63) is 33.6 Å². The zero-order valence-electron chi connectivity index (χ0n) is 10.1. The Morgan fingerprint density at radius 1 is 1.42 bits per heavy atom. The van der Waals surface area contributed by atoms with Gasteiger partial charge in [0.05, 0.1) is 28.3 Å². The van der Waals surface area contributed by atoms with Crippen LogP contribution in [0.2, 0.25) is 0 Å². The molecule has 0 spiro atoms. The van der Waals surface area contributed by atoms with E-state index in [1.165, 1.54) is 6.07 Å². The van der Waals surface area contributed by atoms with E-state index in [1.807, 2.05) is 0 Å². The van der Waals surface area contributed by atoms with E-state index >= 15 is 0 Å². The van der Waals surface area contributed by atoms with E-state index < -0.39 is 22.5 Å². The van der Waals surface area contributed by atoms with Crippen LogP contribution in [0.25, 0.3) is 0 Å². The maximum absolute atomic E-state index is 13.9. The number of anilines is 1. The van der Waals surface area contributed by atoms with Crippen LogP contribution in [0.4, 0.5) is 15.8 Å². The second-order valence-electron chi connectivity index (χ2n) is 4.46. The van der Waals surface area contributed by atoms with E-state index in [1.54, 1.807) is 4.90 Å². The summed E-state index contributed by atoms with van der Waals surface area (Å²) in [5.74, 6) is -0.728. The number of aliphatic hydroxyl groups excluding tert-OH is 1. The Morgan fingerprint density at radius 2 is 2.05 bits per heavy atom. The summed E-state index contributed by atoms with van der Waals surface area (Å²) in [6, 6.07) is 1.96. The molecule has 0 unspecified atom stereocenters. The number of carbonyl (C=O) groups is 1. The number of piperidine rings is 1. The van der Waals surface area contributed by atoms with Crippen molar-refractivity contribution < 1.29 is 19.2 Å². The van der Waals surface area contributed by atoms with Crippen LogP contribution >= 0.6 is 0 Å². The largest absolute Gasteiger partial charge is 0.393 e. The van der Waals surface area contributed by atoms with Gasteiger partial charge in [0, 0.05) is 13.1 Å². The summed E-state index contributed by atoms with van der Waals surface area (Å²) >= 11 is 0. The Hall–Kier alpha value is -2.02. The van der Waals surface area contributed by atoms with E-state index in [0.29, 0.717) is 32.2 Å². The van der Waals surface area contributed by atoms with Crippen LogP contribution in [0.15, 0.2) is 12.1 Å². The van der Waals surface area contributed by atoms with Crippen molar-refractivity contribution in [1.82, 2.24) is 0 Å². The smallest absolute Gasteiger partial charge is 0.282 e. The molecule has 1 heterocycles. The second kappa shape index (κ2) is 5.31. The molecule has 7 heteroatoms. The molecule has 1 saturated heterocycles. The Labute approximate surface area is 108 Å². The zero-order chi connectivity index (χ0) is 14.0.